The Morgan fingerprint density at radius 3 is 2.77 bits per heavy atom. The first-order chi connectivity index (χ1) is 10.7. The SMILES string of the molecule is O=[N+]([O-])c1ccc(-c2nnc3n2NC(c2ccco2)S3)cc1. The van der Waals surface area contributed by atoms with E-state index in [-0.39, 0.29) is 11.1 Å². The van der Waals surface area contributed by atoms with E-state index in [1.807, 2.05) is 12.1 Å². The van der Waals surface area contributed by atoms with Crippen LogP contribution in [-0.2, 0) is 0 Å². The average Bonchev–Trinajstić information content (AvgIpc) is 3.23. The van der Waals surface area contributed by atoms with Crippen molar-refractivity contribution < 1.29 is 9.34 Å². The van der Waals surface area contributed by atoms with Gasteiger partial charge in [0.1, 0.15) is 5.76 Å². The molecule has 1 aliphatic rings. The van der Waals surface area contributed by atoms with Gasteiger partial charge in [-0.15, -0.1) is 10.2 Å². The van der Waals surface area contributed by atoms with Crippen molar-refractivity contribution in [2.45, 2.75) is 10.5 Å². The van der Waals surface area contributed by atoms with E-state index in [4.69, 9.17) is 4.42 Å². The number of hydrogen-bond donors (Lipinski definition) is 1. The lowest BCUT2D eigenvalue weighted by atomic mass is 10.2. The van der Waals surface area contributed by atoms with Crippen molar-refractivity contribution in [3.8, 4) is 11.4 Å². The number of thioether (sulfide) groups is 1. The minimum absolute atomic E-state index is 0.0423. The van der Waals surface area contributed by atoms with E-state index in [1.165, 1.54) is 23.9 Å². The van der Waals surface area contributed by atoms with E-state index in [0.717, 1.165) is 16.5 Å². The summed E-state index contributed by atoms with van der Waals surface area (Å²) in [6.45, 7) is 0. The van der Waals surface area contributed by atoms with E-state index < -0.39 is 4.92 Å². The van der Waals surface area contributed by atoms with Gasteiger partial charge >= 0.3 is 0 Å². The summed E-state index contributed by atoms with van der Waals surface area (Å²) in [6.07, 6.45) is 1.62. The van der Waals surface area contributed by atoms with Crippen molar-refractivity contribution in [1.29, 1.82) is 0 Å². The third-order valence-corrected chi connectivity index (χ3v) is 4.29. The maximum absolute atomic E-state index is 10.7. The van der Waals surface area contributed by atoms with Crippen LogP contribution in [0.5, 0.6) is 0 Å². The molecule has 0 saturated heterocycles. The maximum Gasteiger partial charge on any atom is 0.269 e. The highest BCUT2D eigenvalue weighted by atomic mass is 32.2. The van der Waals surface area contributed by atoms with Crippen molar-refractivity contribution in [3.05, 3.63) is 58.5 Å². The molecule has 0 spiro atoms. The third-order valence-electron chi connectivity index (χ3n) is 3.24. The molecule has 1 unspecified atom stereocenters. The molecule has 22 heavy (non-hydrogen) atoms. The van der Waals surface area contributed by atoms with Crippen LogP contribution in [0.3, 0.4) is 0 Å². The quantitative estimate of drug-likeness (QED) is 0.586. The number of aromatic nitrogens is 3. The number of rotatable bonds is 3. The Balaban J connectivity index is 1.65. The number of furan rings is 1. The van der Waals surface area contributed by atoms with Crippen molar-refractivity contribution in [2.75, 3.05) is 5.43 Å². The van der Waals surface area contributed by atoms with E-state index in [2.05, 4.69) is 15.6 Å². The Kier molecular flexibility index (Phi) is 2.86. The molecule has 9 heteroatoms. The molecule has 0 bridgehead atoms. The molecule has 2 aromatic heterocycles. The standard InChI is InChI=1S/C13H9N5O3S/c19-18(20)9-5-3-8(4-6-9)11-14-15-13-17(11)16-12(22-13)10-2-1-7-21-10/h1-7,12,16H. The lowest BCUT2D eigenvalue weighted by Gasteiger charge is -2.09. The summed E-state index contributed by atoms with van der Waals surface area (Å²) in [5.41, 5.74) is 4.04. The van der Waals surface area contributed by atoms with Gasteiger partial charge in [0.2, 0.25) is 5.16 Å². The highest BCUT2D eigenvalue weighted by Crippen LogP contribution is 2.40. The molecule has 3 aromatic rings. The Labute approximate surface area is 128 Å². The van der Waals surface area contributed by atoms with Crippen LogP contribution < -0.4 is 5.43 Å². The van der Waals surface area contributed by atoms with Gasteiger partial charge in [-0.25, -0.2) is 4.68 Å². The van der Waals surface area contributed by atoms with Crippen LogP contribution in [0, 0.1) is 10.1 Å². The summed E-state index contributed by atoms with van der Waals surface area (Å²) in [5.74, 6) is 1.40. The average molecular weight is 315 g/mol. The van der Waals surface area contributed by atoms with Gasteiger partial charge in [-0.3, -0.25) is 10.1 Å². The molecule has 4 rings (SSSR count). The van der Waals surface area contributed by atoms with E-state index in [0.29, 0.717) is 5.82 Å². The molecule has 1 atom stereocenters. The monoisotopic (exact) mass is 315 g/mol. The molecule has 3 heterocycles. The molecule has 1 aliphatic heterocycles. The summed E-state index contributed by atoms with van der Waals surface area (Å²) in [5, 5.41) is 19.6. The van der Waals surface area contributed by atoms with Gasteiger partial charge in [0.05, 0.1) is 11.2 Å². The smallest absolute Gasteiger partial charge is 0.269 e. The van der Waals surface area contributed by atoms with E-state index in [9.17, 15) is 10.1 Å². The minimum Gasteiger partial charge on any atom is -0.466 e. The fraction of sp³-hybridized carbons (Fsp3) is 0.0769. The normalized spacial score (nSPS) is 16.3. The second-order valence-electron chi connectivity index (χ2n) is 4.59. The van der Waals surface area contributed by atoms with Crippen LogP contribution >= 0.6 is 11.8 Å². The molecule has 0 radical (unpaired) electrons. The van der Waals surface area contributed by atoms with Gasteiger partial charge in [0.15, 0.2) is 11.2 Å². The number of fused-ring (bicyclic) bond motifs is 1. The van der Waals surface area contributed by atoms with Crippen LogP contribution in [0.15, 0.2) is 52.2 Å². The highest BCUT2D eigenvalue weighted by molar-refractivity contribution is 7.99. The summed E-state index contributed by atoms with van der Waals surface area (Å²) >= 11 is 1.49. The Morgan fingerprint density at radius 2 is 2.09 bits per heavy atom. The minimum atomic E-state index is -0.431. The summed E-state index contributed by atoms with van der Waals surface area (Å²) in [7, 11) is 0. The number of nitrogens with zero attached hydrogens (tertiary/aromatic N) is 4. The number of nitro benzene ring substituents is 1. The van der Waals surface area contributed by atoms with E-state index >= 15 is 0 Å². The number of benzene rings is 1. The van der Waals surface area contributed by atoms with Gasteiger partial charge in [-0.05, 0) is 36.0 Å². The maximum atomic E-state index is 10.7. The topological polar surface area (TPSA) is 99.0 Å². The molecule has 8 nitrogen and oxygen atoms in total. The Hall–Kier alpha value is -2.81. The van der Waals surface area contributed by atoms with Crippen molar-refractivity contribution >= 4 is 17.4 Å². The van der Waals surface area contributed by atoms with E-state index in [1.54, 1.807) is 23.1 Å². The first-order valence-electron chi connectivity index (χ1n) is 6.39. The van der Waals surface area contributed by atoms with Crippen LogP contribution in [0.25, 0.3) is 11.4 Å². The van der Waals surface area contributed by atoms with Crippen LogP contribution in [-0.4, -0.2) is 19.8 Å². The fourth-order valence-electron chi connectivity index (χ4n) is 2.19. The molecule has 0 saturated carbocycles. The molecular weight excluding hydrogens is 306 g/mol. The molecule has 110 valence electrons. The number of non-ortho nitro benzene ring substituents is 1. The van der Waals surface area contributed by atoms with Gasteiger partial charge in [0.25, 0.3) is 5.69 Å². The molecule has 1 N–H and O–H groups in total. The summed E-state index contributed by atoms with van der Waals surface area (Å²) in [6, 6.07) is 9.92. The first-order valence-corrected chi connectivity index (χ1v) is 7.27. The molecule has 0 amide bonds. The lowest BCUT2D eigenvalue weighted by Crippen LogP contribution is -2.13. The molecule has 1 aromatic carbocycles. The second-order valence-corrected chi connectivity index (χ2v) is 5.66. The van der Waals surface area contributed by atoms with Gasteiger partial charge < -0.3 is 9.84 Å². The summed E-state index contributed by atoms with van der Waals surface area (Å²) < 4.78 is 7.15. The Bertz CT molecular complexity index is 828. The second kappa shape index (κ2) is 4.88. The number of nitrogens with one attached hydrogen (secondary N) is 1. The van der Waals surface area contributed by atoms with Crippen molar-refractivity contribution in [2.24, 2.45) is 0 Å². The summed E-state index contributed by atoms with van der Waals surface area (Å²) in [4.78, 5) is 10.3. The predicted molar refractivity (Wildman–Crippen MR) is 78.8 cm³/mol. The van der Waals surface area contributed by atoms with Crippen molar-refractivity contribution in [3.63, 3.8) is 0 Å². The van der Waals surface area contributed by atoms with Crippen molar-refractivity contribution in [1.82, 2.24) is 14.9 Å². The third kappa shape index (κ3) is 2.02. The molecular formula is C13H9N5O3S. The van der Waals surface area contributed by atoms with Crippen LogP contribution in [0.4, 0.5) is 5.69 Å². The fourth-order valence-corrected chi connectivity index (χ4v) is 3.14. The largest absolute Gasteiger partial charge is 0.466 e. The first kappa shape index (κ1) is 12.9. The Morgan fingerprint density at radius 1 is 1.27 bits per heavy atom. The zero-order valence-corrected chi connectivity index (χ0v) is 11.9. The molecule has 0 fully saturated rings. The zero-order valence-electron chi connectivity index (χ0n) is 11.0. The van der Waals surface area contributed by atoms with Crippen LogP contribution in [0.1, 0.15) is 11.1 Å². The molecule has 0 aliphatic carbocycles. The zero-order chi connectivity index (χ0) is 15.1. The van der Waals surface area contributed by atoms with Crippen LogP contribution in [0.2, 0.25) is 0 Å². The van der Waals surface area contributed by atoms with Gasteiger partial charge in [0, 0.05) is 17.7 Å². The predicted octanol–water partition coefficient (Wildman–Crippen LogP) is 2.79. The number of nitro groups is 1. The highest BCUT2D eigenvalue weighted by Gasteiger charge is 2.29. The van der Waals surface area contributed by atoms with Gasteiger partial charge in [-0.2, -0.15) is 0 Å². The lowest BCUT2D eigenvalue weighted by molar-refractivity contribution is -0.384. The van der Waals surface area contributed by atoms with Gasteiger partial charge in [-0.1, -0.05) is 0 Å². The number of hydrogen-bond acceptors (Lipinski definition) is 7.